The van der Waals surface area contributed by atoms with Crippen LogP contribution in [0.5, 0.6) is 0 Å². The highest BCUT2D eigenvalue weighted by molar-refractivity contribution is 7.99. The fourth-order valence-corrected chi connectivity index (χ4v) is 4.97. The molecular weight excluding hydrogens is 366 g/mol. The number of para-hydroxylation sites is 2. The number of nitrogens with one attached hydrogen (secondary N) is 1. The van der Waals surface area contributed by atoms with Gasteiger partial charge in [-0.05, 0) is 49.3 Å². The molecule has 7 nitrogen and oxygen atoms in total. The van der Waals surface area contributed by atoms with E-state index in [1.165, 1.54) is 0 Å². The molecule has 0 aliphatic carbocycles. The third kappa shape index (κ3) is 3.63. The minimum atomic E-state index is -1.10. The molecule has 2 N–H and O–H groups in total. The zero-order chi connectivity index (χ0) is 18.9. The van der Waals surface area contributed by atoms with Gasteiger partial charge in [-0.15, -0.1) is 0 Å². The van der Waals surface area contributed by atoms with Gasteiger partial charge >= 0.3 is 5.97 Å². The minimum absolute atomic E-state index is 0.137. The molecule has 27 heavy (non-hydrogen) atoms. The third-order valence-electron chi connectivity index (χ3n) is 5.54. The van der Waals surface area contributed by atoms with Gasteiger partial charge in [0.05, 0.1) is 0 Å². The molecular formula is C19H23N3O4S. The Kier molecular flexibility index (Phi) is 4.99. The van der Waals surface area contributed by atoms with Gasteiger partial charge < -0.3 is 19.7 Å². The van der Waals surface area contributed by atoms with E-state index >= 15 is 0 Å². The Hall–Kier alpha value is -2.22. The molecule has 1 amide bonds. The number of amides is 1. The van der Waals surface area contributed by atoms with Crippen LogP contribution in [0, 0.1) is 5.92 Å². The Morgan fingerprint density at radius 1 is 1.22 bits per heavy atom. The number of piperidine rings is 1. The summed E-state index contributed by atoms with van der Waals surface area (Å²) in [5.74, 6) is 0.309. The maximum absolute atomic E-state index is 12.7. The molecule has 4 rings (SSSR count). The second-order valence-electron chi connectivity index (χ2n) is 7.21. The van der Waals surface area contributed by atoms with Crippen LogP contribution in [-0.4, -0.2) is 52.1 Å². The van der Waals surface area contributed by atoms with Crippen molar-refractivity contribution in [2.75, 3.05) is 29.5 Å². The number of carbonyl (C=O) groups excluding carboxylic acids is 1. The van der Waals surface area contributed by atoms with Crippen molar-refractivity contribution in [3.63, 3.8) is 0 Å². The van der Waals surface area contributed by atoms with Crippen LogP contribution in [0.15, 0.2) is 28.7 Å². The molecule has 144 valence electrons. The number of hydrogen-bond acceptors (Lipinski definition) is 6. The quantitative estimate of drug-likeness (QED) is 0.829. The molecule has 2 saturated heterocycles. The van der Waals surface area contributed by atoms with Crippen molar-refractivity contribution in [3.05, 3.63) is 24.3 Å². The highest BCUT2D eigenvalue weighted by Crippen LogP contribution is 2.30. The Morgan fingerprint density at radius 2 is 1.93 bits per heavy atom. The van der Waals surface area contributed by atoms with Crippen LogP contribution < -0.4 is 10.2 Å². The zero-order valence-electron chi connectivity index (χ0n) is 15.0. The number of nitrogens with zero attached hydrogens (tertiary/aromatic N) is 2. The summed E-state index contributed by atoms with van der Waals surface area (Å²) in [4.78, 5) is 31.0. The second-order valence-corrected chi connectivity index (χ2v) is 8.44. The first-order chi connectivity index (χ1) is 13.1. The summed E-state index contributed by atoms with van der Waals surface area (Å²) >= 11 is 1.74. The number of benzene rings is 1. The van der Waals surface area contributed by atoms with Crippen LogP contribution in [0.2, 0.25) is 0 Å². The van der Waals surface area contributed by atoms with E-state index in [4.69, 9.17) is 4.42 Å². The van der Waals surface area contributed by atoms with Crippen molar-refractivity contribution >= 4 is 40.8 Å². The van der Waals surface area contributed by atoms with Gasteiger partial charge in [-0.1, -0.05) is 12.1 Å². The van der Waals surface area contributed by atoms with E-state index in [1.807, 2.05) is 29.2 Å². The van der Waals surface area contributed by atoms with Crippen molar-refractivity contribution in [2.24, 2.45) is 5.92 Å². The number of thioether (sulfide) groups is 1. The molecule has 2 aliphatic rings. The largest absolute Gasteiger partial charge is 0.480 e. The summed E-state index contributed by atoms with van der Waals surface area (Å²) in [5.41, 5.74) is 0.483. The van der Waals surface area contributed by atoms with Crippen LogP contribution in [0.1, 0.15) is 25.7 Å². The van der Waals surface area contributed by atoms with E-state index in [-0.39, 0.29) is 11.8 Å². The standard InChI is InChI=1S/C19H23N3O4S/c23-16(21-19(17(24)25)7-11-27-12-8-19)13-5-9-22(10-6-13)18-20-14-3-1-2-4-15(14)26-18/h1-4,13H,5-12H2,(H,21,23)(H,24,25). The monoisotopic (exact) mass is 389 g/mol. The lowest BCUT2D eigenvalue weighted by Gasteiger charge is -2.36. The van der Waals surface area contributed by atoms with Crippen molar-refractivity contribution < 1.29 is 19.1 Å². The van der Waals surface area contributed by atoms with Gasteiger partial charge in [-0.25, -0.2) is 4.79 Å². The molecule has 0 atom stereocenters. The third-order valence-corrected chi connectivity index (χ3v) is 6.52. The lowest BCUT2D eigenvalue weighted by Crippen LogP contribution is -2.58. The number of rotatable bonds is 4. The first-order valence-electron chi connectivity index (χ1n) is 9.31. The molecule has 0 spiro atoms. The van der Waals surface area contributed by atoms with Gasteiger partial charge in [0, 0.05) is 19.0 Å². The predicted molar refractivity (Wildman–Crippen MR) is 104 cm³/mol. The van der Waals surface area contributed by atoms with Crippen molar-refractivity contribution in [1.29, 1.82) is 0 Å². The number of carboxylic acid groups (broad SMARTS) is 1. The van der Waals surface area contributed by atoms with Gasteiger partial charge in [-0.2, -0.15) is 16.7 Å². The van der Waals surface area contributed by atoms with Gasteiger partial charge in [0.1, 0.15) is 11.1 Å². The fraction of sp³-hybridized carbons (Fsp3) is 0.526. The van der Waals surface area contributed by atoms with Crippen molar-refractivity contribution in [2.45, 2.75) is 31.2 Å². The molecule has 2 aliphatic heterocycles. The zero-order valence-corrected chi connectivity index (χ0v) is 15.8. The lowest BCUT2D eigenvalue weighted by atomic mass is 9.89. The van der Waals surface area contributed by atoms with Gasteiger partial charge in [-0.3, -0.25) is 4.79 Å². The number of anilines is 1. The summed E-state index contributed by atoms with van der Waals surface area (Å²) in [6.07, 6.45) is 2.30. The van der Waals surface area contributed by atoms with Crippen LogP contribution in [0.4, 0.5) is 6.01 Å². The van der Waals surface area contributed by atoms with Crippen molar-refractivity contribution in [3.8, 4) is 0 Å². The normalized spacial score (nSPS) is 20.5. The summed E-state index contributed by atoms with van der Waals surface area (Å²) in [6, 6.07) is 8.22. The molecule has 2 aromatic rings. The van der Waals surface area contributed by atoms with E-state index in [2.05, 4.69) is 10.3 Å². The molecule has 0 radical (unpaired) electrons. The van der Waals surface area contributed by atoms with Crippen LogP contribution in [0.3, 0.4) is 0 Å². The topological polar surface area (TPSA) is 95.7 Å². The van der Waals surface area contributed by atoms with Crippen LogP contribution in [0.25, 0.3) is 11.1 Å². The molecule has 1 aromatic carbocycles. The maximum atomic E-state index is 12.7. The van der Waals surface area contributed by atoms with Gasteiger partial charge in [0.2, 0.25) is 5.91 Å². The number of oxazole rings is 1. The first kappa shape index (κ1) is 18.2. The smallest absolute Gasteiger partial charge is 0.329 e. The number of fused-ring (bicyclic) bond motifs is 1. The second kappa shape index (κ2) is 7.42. The highest BCUT2D eigenvalue weighted by atomic mass is 32.2. The summed E-state index contributed by atoms with van der Waals surface area (Å²) in [7, 11) is 0. The van der Waals surface area contributed by atoms with Crippen LogP contribution in [-0.2, 0) is 9.59 Å². The Bertz CT molecular complexity index is 805. The molecule has 8 heteroatoms. The van der Waals surface area contributed by atoms with E-state index in [9.17, 15) is 14.7 Å². The Morgan fingerprint density at radius 3 is 2.59 bits per heavy atom. The Balaban J connectivity index is 1.38. The minimum Gasteiger partial charge on any atom is -0.480 e. The van der Waals surface area contributed by atoms with Gasteiger partial charge in [0.15, 0.2) is 5.58 Å². The molecule has 2 fully saturated rings. The number of aliphatic carboxylic acids is 1. The van der Waals surface area contributed by atoms with Crippen LogP contribution >= 0.6 is 11.8 Å². The molecule has 1 aromatic heterocycles. The summed E-state index contributed by atoms with van der Waals surface area (Å²) in [5, 5.41) is 12.5. The van der Waals surface area contributed by atoms with Gasteiger partial charge in [0.25, 0.3) is 6.01 Å². The fourth-order valence-electron chi connectivity index (χ4n) is 3.78. The Labute approximate surface area is 161 Å². The summed E-state index contributed by atoms with van der Waals surface area (Å²) < 4.78 is 5.81. The molecule has 0 bridgehead atoms. The number of aromatic nitrogens is 1. The number of hydrogen-bond donors (Lipinski definition) is 2. The highest BCUT2D eigenvalue weighted by Gasteiger charge is 2.42. The molecule has 0 saturated carbocycles. The van der Waals surface area contributed by atoms with E-state index < -0.39 is 11.5 Å². The van der Waals surface area contributed by atoms with Crippen molar-refractivity contribution in [1.82, 2.24) is 10.3 Å². The predicted octanol–water partition coefficient (Wildman–Crippen LogP) is 2.51. The lowest BCUT2D eigenvalue weighted by molar-refractivity contribution is -0.149. The average Bonchev–Trinajstić information content (AvgIpc) is 3.13. The number of carboxylic acids is 1. The average molecular weight is 389 g/mol. The van der Waals surface area contributed by atoms with E-state index in [1.54, 1.807) is 11.8 Å². The van der Waals surface area contributed by atoms with E-state index in [0.717, 1.165) is 22.6 Å². The molecule has 3 heterocycles. The SMILES string of the molecule is O=C(NC1(C(=O)O)CCSCC1)C1CCN(c2nc3ccccc3o2)CC1. The maximum Gasteiger partial charge on any atom is 0.329 e. The summed E-state index contributed by atoms with van der Waals surface area (Å²) in [6.45, 7) is 1.33. The first-order valence-corrected chi connectivity index (χ1v) is 10.5. The number of carbonyl (C=O) groups is 2. The van der Waals surface area contributed by atoms with E-state index in [0.29, 0.717) is 44.8 Å². The molecule has 0 unspecified atom stereocenters.